The molecule has 0 aliphatic carbocycles. The van der Waals surface area contributed by atoms with Crippen LogP contribution in [-0.4, -0.2) is 20.5 Å². The Labute approximate surface area is 117 Å². The molecule has 1 heterocycles. The molecule has 1 aromatic carbocycles. The van der Waals surface area contributed by atoms with Crippen LogP contribution in [0.4, 0.5) is 5.69 Å². The number of hydrogen-bond donors (Lipinski definition) is 1. The number of aromatic nitrogens is 3. The van der Waals surface area contributed by atoms with E-state index in [1.807, 2.05) is 24.3 Å². The van der Waals surface area contributed by atoms with Crippen molar-refractivity contribution >= 4 is 39.2 Å². The number of anilines is 1. The minimum Gasteiger partial charge on any atom is -0.398 e. The molecule has 7 heteroatoms. The number of hydrogen-bond acceptors (Lipinski definition) is 5. The highest BCUT2D eigenvalue weighted by atomic mass is 79.9. The highest BCUT2D eigenvalue weighted by Crippen LogP contribution is 2.31. The van der Waals surface area contributed by atoms with Gasteiger partial charge in [-0.1, -0.05) is 12.1 Å². The monoisotopic (exact) mass is 326 g/mol. The standard InChI is InChI=1S/C11H11BrN4OS/c1-7(17)6-16-11(14-10(12)15-16)18-9-5-3-2-4-8(9)13/h2-5H,6,13H2,1H3. The lowest BCUT2D eigenvalue weighted by Crippen LogP contribution is -2.09. The smallest absolute Gasteiger partial charge is 0.218 e. The topological polar surface area (TPSA) is 73.8 Å². The predicted molar refractivity (Wildman–Crippen MR) is 73.4 cm³/mol. The molecule has 1 aromatic heterocycles. The van der Waals surface area contributed by atoms with Crippen molar-refractivity contribution in [1.82, 2.24) is 14.8 Å². The second-order valence-corrected chi connectivity index (χ2v) is 5.38. The fraction of sp³-hybridized carbons (Fsp3) is 0.182. The molecule has 0 spiro atoms. The molecule has 0 bridgehead atoms. The number of carbonyl (C=O) groups excluding carboxylic acids is 1. The molecule has 2 aromatic rings. The van der Waals surface area contributed by atoms with Crippen molar-refractivity contribution in [2.24, 2.45) is 0 Å². The van der Waals surface area contributed by atoms with Crippen LogP contribution in [0.3, 0.4) is 0 Å². The summed E-state index contributed by atoms with van der Waals surface area (Å²) in [6, 6.07) is 7.50. The summed E-state index contributed by atoms with van der Waals surface area (Å²) in [6.45, 7) is 1.72. The van der Waals surface area contributed by atoms with E-state index < -0.39 is 0 Å². The molecule has 0 unspecified atom stereocenters. The van der Waals surface area contributed by atoms with Gasteiger partial charge in [-0.25, -0.2) is 4.68 Å². The van der Waals surface area contributed by atoms with Gasteiger partial charge < -0.3 is 5.73 Å². The third kappa shape index (κ3) is 3.11. The summed E-state index contributed by atoms with van der Waals surface area (Å²) in [5, 5.41) is 4.75. The van der Waals surface area contributed by atoms with Crippen molar-refractivity contribution in [3.63, 3.8) is 0 Å². The van der Waals surface area contributed by atoms with Crippen LogP contribution >= 0.6 is 27.7 Å². The largest absolute Gasteiger partial charge is 0.398 e. The first kappa shape index (κ1) is 13.1. The van der Waals surface area contributed by atoms with Crippen molar-refractivity contribution in [1.29, 1.82) is 0 Å². The van der Waals surface area contributed by atoms with Crippen LogP contribution in [0.2, 0.25) is 0 Å². The van der Waals surface area contributed by atoms with Crippen molar-refractivity contribution in [3.8, 4) is 0 Å². The maximum atomic E-state index is 11.2. The molecule has 2 rings (SSSR count). The lowest BCUT2D eigenvalue weighted by atomic mass is 10.3. The van der Waals surface area contributed by atoms with Gasteiger partial charge in [-0.2, -0.15) is 4.98 Å². The fourth-order valence-electron chi connectivity index (χ4n) is 1.36. The summed E-state index contributed by atoms with van der Waals surface area (Å²) in [5.74, 6) is 0.0234. The van der Waals surface area contributed by atoms with Gasteiger partial charge in [0.05, 0.1) is 0 Å². The predicted octanol–water partition coefficient (Wildman–Crippen LogP) is 2.36. The third-order valence-corrected chi connectivity index (χ3v) is 3.52. The van der Waals surface area contributed by atoms with E-state index in [-0.39, 0.29) is 12.3 Å². The van der Waals surface area contributed by atoms with Gasteiger partial charge in [-0.3, -0.25) is 4.79 Å². The maximum absolute atomic E-state index is 11.2. The van der Waals surface area contributed by atoms with E-state index in [2.05, 4.69) is 26.0 Å². The molecule has 94 valence electrons. The third-order valence-electron chi connectivity index (χ3n) is 2.10. The number of rotatable bonds is 4. The molecule has 5 nitrogen and oxygen atoms in total. The Bertz CT molecular complexity index is 584. The number of Topliss-reactive ketones (excluding diaryl/α,β-unsaturated/α-hetero) is 1. The first-order valence-corrected chi connectivity index (χ1v) is 6.79. The Hall–Kier alpha value is -1.34. The Morgan fingerprint density at radius 2 is 2.22 bits per heavy atom. The first-order valence-electron chi connectivity index (χ1n) is 5.18. The molecule has 0 aliphatic heterocycles. The summed E-state index contributed by atoms with van der Waals surface area (Å²) in [6.07, 6.45) is 0. The van der Waals surface area contributed by atoms with Gasteiger partial charge in [0.15, 0.2) is 10.9 Å². The Morgan fingerprint density at radius 3 is 2.89 bits per heavy atom. The number of benzene rings is 1. The molecular weight excluding hydrogens is 316 g/mol. The van der Waals surface area contributed by atoms with Crippen molar-refractivity contribution in [3.05, 3.63) is 29.0 Å². The van der Waals surface area contributed by atoms with Crippen LogP contribution in [0.15, 0.2) is 39.1 Å². The number of nitrogens with two attached hydrogens (primary N) is 1. The summed E-state index contributed by atoms with van der Waals surface area (Å²) in [7, 11) is 0. The Balaban J connectivity index is 2.29. The quantitative estimate of drug-likeness (QED) is 0.873. The number of para-hydroxylation sites is 1. The van der Waals surface area contributed by atoms with E-state index in [9.17, 15) is 4.79 Å². The first-order chi connectivity index (χ1) is 8.56. The average Bonchev–Trinajstić information content (AvgIpc) is 2.61. The van der Waals surface area contributed by atoms with E-state index >= 15 is 0 Å². The maximum Gasteiger partial charge on any atom is 0.218 e. The molecule has 18 heavy (non-hydrogen) atoms. The van der Waals surface area contributed by atoms with Gasteiger partial charge in [0, 0.05) is 10.6 Å². The second kappa shape index (κ2) is 5.53. The zero-order valence-electron chi connectivity index (χ0n) is 9.63. The normalized spacial score (nSPS) is 10.6. The molecule has 2 N–H and O–H groups in total. The van der Waals surface area contributed by atoms with Crippen molar-refractivity contribution in [2.45, 2.75) is 23.5 Å². The van der Waals surface area contributed by atoms with E-state index in [4.69, 9.17) is 5.73 Å². The lowest BCUT2D eigenvalue weighted by molar-refractivity contribution is -0.117. The van der Waals surface area contributed by atoms with E-state index in [0.29, 0.717) is 15.6 Å². The van der Waals surface area contributed by atoms with Crippen molar-refractivity contribution in [2.75, 3.05) is 5.73 Å². The van der Waals surface area contributed by atoms with Crippen LogP contribution in [0, 0.1) is 0 Å². The van der Waals surface area contributed by atoms with E-state index in [1.54, 1.807) is 4.68 Å². The minimum atomic E-state index is 0.0234. The second-order valence-electron chi connectivity index (χ2n) is 3.66. The number of halogens is 1. The SMILES string of the molecule is CC(=O)Cn1nc(Br)nc1Sc1ccccc1N. The van der Waals surface area contributed by atoms with Gasteiger partial charge in [0.2, 0.25) is 4.73 Å². The van der Waals surface area contributed by atoms with Crippen LogP contribution in [0.1, 0.15) is 6.92 Å². The van der Waals surface area contributed by atoms with E-state index in [1.165, 1.54) is 18.7 Å². The van der Waals surface area contributed by atoms with Gasteiger partial charge in [-0.05, 0) is 46.7 Å². The number of carbonyl (C=O) groups is 1. The Morgan fingerprint density at radius 1 is 1.50 bits per heavy atom. The van der Waals surface area contributed by atoms with Crippen LogP contribution in [0.5, 0.6) is 0 Å². The highest BCUT2D eigenvalue weighted by Gasteiger charge is 2.12. The Kier molecular flexibility index (Phi) is 4.03. The molecule has 0 fully saturated rings. The van der Waals surface area contributed by atoms with E-state index in [0.717, 1.165) is 4.90 Å². The highest BCUT2D eigenvalue weighted by molar-refractivity contribution is 9.10. The number of nitrogens with zero attached hydrogens (tertiary/aromatic N) is 3. The van der Waals surface area contributed by atoms with Gasteiger partial charge in [-0.15, -0.1) is 5.10 Å². The summed E-state index contributed by atoms with van der Waals surface area (Å²) in [4.78, 5) is 16.3. The van der Waals surface area contributed by atoms with Crippen LogP contribution in [0.25, 0.3) is 0 Å². The number of nitrogen functional groups attached to an aromatic ring is 1. The van der Waals surface area contributed by atoms with Crippen LogP contribution < -0.4 is 5.73 Å². The summed E-state index contributed by atoms with van der Waals surface area (Å²) < 4.78 is 2.02. The van der Waals surface area contributed by atoms with Gasteiger partial charge in [0.1, 0.15) is 6.54 Å². The molecular formula is C11H11BrN4OS. The fourth-order valence-corrected chi connectivity index (χ4v) is 2.71. The molecule has 0 aliphatic rings. The zero-order valence-corrected chi connectivity index (χ0v) is 12.0. The number of ketones is 1. The molecule has 0 saturated carbocycles. The molecule has 0 amide bonds. The van der Waals surface area contributed by atoms with Gasteiger partial charge >= 0.3 is 0 Å². The van der Waals surface area contributed by atoms with Crippen molar-refractivity contribution < 1.29 is 4.79 Å². The molecule has 0 radical (unpaired) electrons. The van der Waals surface area contributed by atoms with Gasteiger partial charge in [0.25, 0.3) is 0 Å². The zero-order chi connectivity index (χ0) is 13.1. The summed E-state index contributed by atoms with van der Waals surface area (Å²) in [5.41, 5.74) is 6.55. The minimum absolute atomic E-state index is 0.0234. The summed E-state index contributed by atoms with van der Waals surface area (Å²) >= 11 is 4.59. The average molecular weight is 327 g/mol. The lowest BCUT2D eigenvalue weighted by Gasteiger charge is -2.05. The molecule has 0 saturated heterocycles. The molecule has 0 atom stereocenters. The van der Waals surface area contributed by atoms with Crippen LogP contribution in [-0.2, 0) is 11.3 Å².